The summed E-state index contributed by atoms with van der Waals surface area (Å²) in [6.07, 6.45) is 1.86. The molecule has 2 nitrogen and oxygen atoms in total. The number of rotatable bonds is 0. The van der Waals surface area contributed by atoms with Gasteiger partial charge in [0.25, 0.3) is 0 Å². The van der Waals surface area contributed by atoms with Gasteiger partial charge in [0, 0.05) is 29.8 Å². The van der Waals surface area contributed by atoms with Crippen molar-refractivity contribution in [3.8, 4) is 0 Å². The summed E-state index contributed by atoms with van der Waals surface area (Å²) in [6, 6.07) is 1.86. The molecule has 100 valence electrons. The largest absolute Gasteiger partial charge is 0.737 e. The smallest absolute Gasteiger partial charge is 0.394 e. The number of hydrogen-bond donors (Lipinski definition) is 0. The number of aryl methyl sites for hydroxylation is 1. The third-order valence-electron chi connectivity index (χ3n) is 4.48. The molecule has 1 aromatic rings. The van der Waals surface area contributed by atoms with E-state index in [9.17, 15) is 8.63 Å². The standard InChI is InChI=1S/C14H17BF2N2/c1-8-6-13-10(3)14-7-9(2)12(5)19(14)15(16,17)18(13)11(8)4/h6-7H,1-5H3. The van der Waals surface area contributed by atoms with Crippen LogP contribution in [-0.2, 0) is 0 Å². The summed E-state index contributed by atoms with van der Waals surface area (Å²) in [4.78, 5) is 0. The van der Waals surface area contributed by atoms with Crippen LogP contribution in [0.25, 0.3) is 5.57 Å². The van der Waals surface area contributed by atoms with Gasteiger partial charge in [-0.15, -0.1) is 0 Å². The van der Waals surface area contributed by atoms with E-state index in [0.29, 0.717) is 22.8 Å². The Morgan fingerprint density at radius 2 is 1.74 bits per heavy atom. The van der Waals surface area contributed by atoms with E-state index in [2.05, 4.69) is 0 Å². The van der Waals surface area contributed by atoms with Crippen molar-refractivity contribution >= 4 is 18.3 Å². The van der Waals surface area contributed by atoms with Crippen LogP contribution < -0.4 is 0 Å². The van der Waals surface area contributed by atoms with E-state index < -0.39 is 6.97 Å². The summed E-state index contributed by atoms with van der Waals surface area (Å²) in [5, 5.41) is 0. The van der Waals surface area contributed by atoms with Crippen LogP contribution in [0.2, 0.25) is 0 Å². The first kappa shape index (κ1) is 12.4. The molecule has 1 aromatic heterocycles. The third-order valence-corrected chi connectivity index (χ3v) is 4.48. The van der Waals surface area contributed by atoms with Crippen LogP contribution in [0.3, 0.4) is 0 Å². The molecule has 0 saturated heterocycles. The van der Waals surface area contributed by atoms with Crippen molar-refractivity contribution in [2.75, 3.05) is 0 Å². The molecule has 0 fully saturated rings. The van der Waals surface area contributed by atoms with Crippen LogP contribution in [-0.4, -0.2) is 21.6 Å². The Morgan fingerprint density at radius 3 is 2.37 bits per heavy atom. The van der Waals surface area contributed by atoms with Crippen LogP contribution >= 0.6 is 0 Å². The molecule has 0 amide bonds. The molecule has 3 rings (SSSR count). The second kappa shape index (κ2) is 3.47. The highest BCUT2D eigenvalue weighted by Crippen LogP contribution is 2.38. The zero-order chi connectivity index (χ0) is 14.1. The number of hydrogen-bond acceptors (Lipinski definition) is 0. The summed E-state index contributed by atoms with van der Waals surface area (Å²) in [7, 11) is 0. The van der Waals surface area contributed by atoms with Gasteiger partial charge in [-0.25, -0.2) is 0 Å². The molecule has 0 spiro atoms. The molecular weight excluding hydrogens is 245 g/mol. The maximum absolute atomic E-state index is 14.9. The molecule has 0 N–H and O–H groups in total. The number of nitrogens with zero attached hydrogens (tertiary/aromatic N) is 2. The minimum absolute atomic E-state index is 0.644. The van der Waals surface area contributed by atoms with E-state index >= 15 is 0 Å². The van der Waals surface area contributed by atoms with Gasteiger partial charge in [0.2, 0.25) is 0 Å². The fourth-order valence-corrected chi connectivity index (χ4v) is 3.12. The average Bonchev–Trinajstić information content (AvgIpc) is 2.78. The number of halogens is 2. The zero-order valence-corrected chi connectivity index (χ0v) is 11.9. The van der Waals surface area contributed by atoms with E-state index in [1.54, 1.807) is 13.8 Å². The Hall–Kier alpha value is -1.65. The second-order valence-corrected chi connectivity index (χ2v) is 5.55. The van der Waals surface area contributed by atoms with Gasteiger partial charge < -0.3 is 17.6 Å². The molecule has 0 saturated carbocycles. The van der Waals surface area contributed by atoms with Crippen molar-refractivity contribution in [2.45, 2.75) is 34.6 Å². The van der Waals surface area contributed by atoms with Crippen molar-refractivity contribution < 1.29 is 13.1 Å². The van der Waals surface area contributed by atoms with E-state index in [1.165, 1.54) is 8.96 Å². The highest BCUT2D eigenvalue weighted by molar-refractivity contribution is 6.58. The normalized spacial score (nSPS) is 20.7. The van der Waals surface area contributed by atoms with Crippen molar-refractivity contribution in [3.63, 3.8) is 0 Å². The van der Waals surface area contributed by atoms with Crippen LogP contribution in [0.5, 0.6) is 0 Å². The van der Waals surface area contributed by atoms with Gasteiger partial charge >= 0.3 is 6.97 Å². The first-order valence-corrected chi connectivity index (χ1v) is 6.50. The van der Waals surface area contributed by atoms with Crippen LogP contribution in [0.4, 0.5) is 8.63 Å². The summed E-state index contributed by atoms with van der Waals surface area (Å²) in [5.41, 5.74) is 5.33. The molecule has 0 bridgehead atoms. The fourth-order valence-electron chi connectivity index (χ4n) is 3.12. The van der Waals surface area contributed by atoms with Gasteiger partial charge in [-0.3, -0.25) is 0 Å². The lowest BCUT2D eigenvalue weighted by molar-refractivity contribution is -0.362. The molecule has 2 aliphatic heterocycles. The Bertz CT molecular complexity index is 705. The molecule has 19 heavy (non-hydrogen) atoms. The molecular formula is C14H17BF2N2. The van der Waals surface area contributed by atoms with Crippen LogP contribution in [0.1, 0.15) is 37.7 Å². The lowest BCUT2D eigenvalue weighted by Crippen LogP contribution is -2.51. The Labute approximate surface area is 111 Å². The van der Waals surface area contributed by atoms with Gasteiger partial charge in [-0.05, 0) is 45.0 Å². The molecule has 0 aliphatic carbocycles. The predicted octanol–water partition coefficient (Wildman–Crippen LogP) is 3.51. The Kier molecular flexibility index (Phi) is 2.26. The average molecular weight is 262 g/mol. The molecule has 5 heteroatoms. The SMILES string of the molecule is CC1=CC2=C(C)c3cc(C)c(C)n3[B-](F)(F)[N+]2=C1C. The van der Waals surface area contributed by atoms with E-state index in [-0.39, 0.29) is 0 Å². The summed E-state index contributed by atoms with van der Waals surface area (Å²) >= 11 is 0. The molecule has 0 radical (unpaired) electrons. The van der Waals surface area contributed by atoms with Crippen molar-refractivity contribution in [1.82, 2.24) is 4.48 Å². The maximum atomic E-state index is 14.9. The third kappa shape index (κ3) is 1.33. The van der Waals surface area contributed by atoms with E-state index in [0.717, 1.165) is 16.7 Å². The minimum atomic E-state index is -3.79. The van der Waals surface area contributed by atoms with Gasteiger partial charge in [0.05, 0.1) is 0 Å². The predicted molar refractivity (Wildman–Crippen MR) is 74.6 cm³/mol. The molecule has 0 unspecified atom stereocenters. The molecule has 3 heterocycles. The van der Waals surface area contributed by atoms with Crippen molar-refractivity contribution in [3.05, 3.63) is 40.4 Å². The first-order valence-electron chi connectivity index (χ1n) is 6.50. The topological polar surface area (TPSA) is 7.94 Å². The van der Waals surface area contributed by atoms with Gasteiger partial charge in [-0.2, -0.15) is 0 Å². The molecule has 0 aromatic carbocycles. The summed E-state index contributed by atoms with van der Waals surface area (Å²) in [6.45, 7) is 5.42. The Morgan fingerprint density at radius 1 is 1.11 bits per heavy atom. The molecule has 2 aliphatic rings. The van der Waals surface area contributed by atoms with Gasteiger partial charge in [0.15, 0.2) is 5.70 Å². The van der Waals surface area contributed by atoms with Crippen molar-refractivity contribution in [1.29, 1.82) is 0 Å². The second-order valence-electron chi connectivity index (χ2n) is 5.55. The number of fused-ring (bicyclic) bond motifs is 2. The lowest BCUT2D eigenvalue weighted by atomic mass is 9.88. The first-order chi connectivity index (χ1) is 8.76. The van der Waals surface area contributed by atoms with Crippen LogP contribution in [0.15, 0.2) is 23.4 Å². The minimum Gasteiger partial charge on any atom is -0.394 e. The zero-order valence-electron chi connectivity index (χ0n) is 11.9. The molecule has 0 atom stereocenters. The fraction of sp³-hybridized carbons (Fsp3) is 0.357. The van der Waals surface area contributed by atoms with E-state index in [1.807, 2.05) is 32.9 Å². The Balaban J connectivity index is 2.44. The maximum Gasteiger partial charge on any atom is 0.737 e. The highest BCUT2D eigenvalue weighted by Gasteiger charge is 2.53. The van der Waals surface area contributed by atoms with Gasteiger partial charge in [-0.1, -0.05) is 0 Å². The number of allylic oxidation sites excluding steroid dienone is 3. The van der Waals surface area contributed by atoms with Gasteiger partial charge in [0.1, 0.15) is 5.71 Å². The van der Waals surface area contributed by atoms with Crippen LogP contribution in [0, 0.1) is 13.8 Å². The monoisotopic (exact) mass is 262 g/mol. The quantitative estimate of drug-likeness (QED) is 0.632. The number of aromatic nitrogens is 1. The summed E-state index contributed by atoms with van der Waals surface area (Å²) in [5.74, 6) is 0. The lowest BCUT2D eigenvalue weighted by Gasteiger charge is -2.32. The summed E-state index contributed by atoms with van der Waals surface area (Å²) < 4.78 is 32.2. The van der Waals surface area contributed by atoms with Crippen molar-refractivity contribution in [2.24, 2.45) is 0 Å². The highest BCUT2D eigenvalue weighted by atomic mass is 19.2. The van der Waals surface area contributed by atoms with E-state index in [4.69, 9.17) is 0 Å².